The molecule has 0 saturated carbocycles. The predicted molar refractivity (Wildman–Crippen MR) is 75.5 cm³/mol. The molecule has 2 unspecified atom stereocenters. The highest BCUT2D eigenvalue weighted by Crippen LogP contribution is 2.39. The number of carbonyl (C=O) groups excluding carboxylic acids is 1. The Morgan fingerprint density at radius 3 is 3.11 bits per heavy atom. The second-order valence-corrected chi connectivity index (χ2v) is 5.63. The molecule has 6 heteroatoms. The SMILES string of the molecule is CC(CNC(=O)C1CSc2ccccc21)C(N)=NO. The summed E-state index contributed by atoms with van der Waals surface area (Å²) < 4.78 is 0. The summed E-state index contributed by atoms with van der Waals surface area (Å²) in [5, 5.41) is 14.4. The summed E-state index contributed by atoms with van der Waals surface area (Å²) in [4.78, 5) is 13.3. The zero-order valence-electron chi connectivity index (χ0n) is 10.7. The summed E-state index contributed by atoms with van der Waals surface area (Å²) >= 11 is 1.70. The van der Waals surface area contributed by atoms with E-state index in [1.165, 1.54) is 4.90 Å². The van der Waals surface area contributed by atoms with E-state index in [0.29, 0.717) is 6.54 Å². The van der Waals surface area contributed by atoms with E-state index < -0.39 is 0 Å². The minimum absolute atomic E-state index is 0.00459. The maximum atomic E-state index is 12.2. The number of amidine groups is 1. The van der Waals surface area contributed by atoms with Gasteiger partial charge in [0.25, 0.3) is 0 Å². The molecule has 1 aliphatic heterocycles. The van der Waals surface area contributed by atoms with E-state index >= 15 is 0 Å². The fraction of sp³-hybridized carbons (Fsp3) is 0.385. The van der Waals surface area contributed by atoms with Gasteiger partial charge in [-0.3, -0.25) is 4.79 Å². The van der Waals surface area contributed by atoms with Crippen molar-refractivity contribution in [2.45, 2.75) is 17.7 Å². The number of nitrogens with zero attached hydrogens (tertiary/aromatic N) is 1. The van der Waals surface area contributed by atoms with Crippen LogP contribution in [-0.4, -0.2) is 29.2 Å². The monoisotopic (exact) mass is 279 g/mol. The second-order valence-electron chi connectivity index (χ2n) is 4.57. The van der Waals surface area contributed by atoms with Crippen molar-refractivity contribution in [2.75, 3.05) is 12.3 Å². The predicted octanol–water partition coefficient (Wildman–Crippen LogP) is 1.37. The lowest BCUT2D eigenvalue weighted by Crippen LogP contribution is -2.37. The third-order valence-corrected chi connectivity index (χ3v) is 4.40. The quantitative estimate of drug-likeness (QED) is 0.336. The molecule has 2 rings (SSSR count). The van der Waals surface area contributed by atoms with Crippen molar-refractivity contribution in [3.05, 3.63) is 29.8 Å². The first-order valence-corrected chi connectivity index (χ1v) is 7.09. The molecular weight excluding hydrogens is 262 g/mol. The number of fused-ring (bicyclic) bond motifs is 1. The van der Waals surface area contributed by atoms with E-state index in [4.69, 9.17) is 10.9 Å². The smallest absolute Gasteiger partial charge is 0.228 e. The fourth-order valence-corrected chi connectivity index (χ4v) is 3.19. The minimum Gasteiger partial charge on any atom is -0.409 e. The molecule has 1 amide bonds. The number of rotatable bonds is 4. The Labute approximate surface area is 116 Å². The number of thioether (sulfide) groups is 1. The van der Waals surface area contributed by atoms with E-state index in [-0.39, 0.29) is 23.6 Å². The van der Waals surface area contributed by atoms with E-state index in [2.05, 4.69) is 10.5 Å². The lowest BCUT2D eigenvalue weighted by molar-refractivity contribution is -0.122. The molecule has 2 atom stereocenters. The second kappa shape index (κ2) is 5.97. The van der Waals surface area contributed by atoms with Gasteiger partial charge >= 0.3 is 0 Å². The topological polar surface area (TPSA) is 87.7 Å². The molecule has 0 aliphatic carbocycles. The highest BCUT2D eigenvalue weighted by Gasteiger charge is 2.28. The van der Waals surface area contributed by atoms with Gasteiger partial charge in [0.15, 0.2) is 0 Å². The first-order chi connectivity index (χ1) is 9.13. The lowest BCUT2D eigenvalue weighted by atomic mass is 10.0. The number of hydrogen-bond donors (Lipinski definition) is 3. The molecule has 0 fully saturated rings. The van der Waals surface area contributed by atoms with Crippen LogP contribution in [0.5, 0.6) is 0 Å². The molecule has 5 nitrogen and oxygen atoms in total. The van der Waals surface area contributed by atoms with E-state index in [0.717, 1.165) is 11.3 Å². The van der Waals surface area contributed by atoms with Crippen LogP contribution in [0.2, 0.25) is 0 Å². The number of benzene rings is 1. The van der Waals surface area contributed by atoms with Gasteiger partial charge in [-0.25, -0.2) is 0 Å². The van der Waals surface area contributed by atoms with Crippen LogP contribution in [0.1, 0.15) is 18.4 Å². The van der Waals surface area contributed by atoms with Crippen LogP contribution in [0.15, 0.2) is 34.3 Å². The molecule has 1 aromatic carbocycles. The maximum absolute atomic E-state index is 12.2. The fourth-order valence-electron chi connectivity index (χ4n) is 1.96. The van der Waals surface area contributed by atoms with Crippen LogP contribution in [0.3, 0.4) is 0 Å². The molecule has 0 bridgehead atoms. The Kier molecular flexibility index (Phi) is 4.31. The first kappa shape index (κ1) is 13.7. The molecule has 102 valence electrons. The Morgan fingerprint density at radius 2 is 2.37 bits per heavy atom. The normalized spacial score (nSPS) is 19.8. The van der Waals surface area contributed by atoms with E-state index in [9.17, 15) is 4.79 Å². The van der Waals surface area contributed by atoms with Crippen LogP contribution < -0.4 is 11.1 Å². The summed E-state index contributed by atoms with van der Waals surface area (Å²) in [6.45, 7) is 2.17. The maximum Gasteiger partial charge on any atom is 0.228 e. The Bertz CT molecular complexity index is 504. The van der Waals surface area contributed by atoms with Crippen molar-refractivity contribution >= 4 is 23.5 Å². The molecule has 0 spiro atoms. The van der Waals surface area contributed by atoms with Gasteiger partial charge in [-0.05, 0) is 11.6 Å². The van der Waals surface area contributed by atoms with Crippen LogP contribution in [-0.2, 0) is 4.79 Å². The average molecular weight is 279 g/mol. The molecule has 0 radical (unpaired) electrons. The van der Waals surface area contributed by atoms with Gasteiger partial charge in [-0.1, -0.05) is 30.3 Å². The summed E-state index contributed by atoms with van der Waals surface area (Å²) in [6, 6.07) is 7.95. The zero-order chi connectivity index (χ0) is 13.8. The van der Waals surface area contributed by atoms with Gasteiger partial charge in [-0.15, -0.1) is 11.8 Å². The van der Waals surface area contributed by atoms with Crippen LogP contribution >= 0.6 is 11.8 Å². The van der Waals surface area contributed by atoms with Gasteiger partial charge in [0.2, 0.25) is 5.91 Å². The van der Waals surface area contributed by atoms with Crippen molar-refractivity contribution < 1.29 is 10.0 Å². The van der Waals surface area contributed by atoms with E-state index in [1.54, 1.807) is 18.7 Å². The summed E-state index contributed by atoms with van der Waals surface area (Å²) in [5.74, 6) is 0.596. The van der Waals surface area contributed by atoms with Gasteiger partial charge in [0.1, 0.15) is 5.84 Å². The van der Waals surface area contributed by atoms with Crippen molar-refractivity contribution in [2.24, 2.45) is 16.8 Å². The van der Waals surface area contributed by atoms with Gasteiger partial charge in [0.05, 0.1) is 5.92 Å². The van der Waals surface area contributed by atoms with Crippen LogP contribution in [0.4, 0.5) is 0 Å². The van der Waals surface area contributed by atoms with Crippen molar-refractivity contribution in [3.63, 3.8) is 0 Å². The minimum atomic E-state index is -0.182. The molecule has 4 N–H and O–H groups in total. The number of carbonyl (C=O) groups is 1. The molecule has 1 aromatic rings. The standard InChI is InChI=1S/C13H17N3O2S/c1-8(12(14)16-18)6-15-13(17)10-7-19-11-5-3-2-4-9(10)11/h2-5,8,10,18H,6-7H2,1H3,(H2,14,16)(H,15,17). The first-order valence-electron chi connectivity index (χ1n) is 6.10. The van der Waals surface area contributed by atoms with E-state index in [1.807, 2.05) is 24.3 Å². The van der Waals surface area contributed by atoms with Gasteiger partial charge < -0.3 is 16.3 Å². The largest absolute Gasteiger partial charge is 0.409 e. The summed E-state index contributed by atoms with van der Waals surface area (Å²) in [6.07, 6.45) is 0. The Hall–Kier alpha value is -1.69. The number of amides is 1. The third-order valence-electron chi connectivity index (χ3n) is 3.22. The molecule has 1 aliphatic rings. The number of nitrogens with two attached hydrogens (primary N) is 1. The lowest BCUT2D eigenvalue weighted by Gasteiger charge is -2.14. The van der Waals surface area contributed by atoms with Crippen molar-refractivity contribution in [1.29, 1.82) is 0 Å². The third kappa shape index (κ3) is 3.01. The molecule has 0 aromatic heterocycles. The van der Waals surface area contributed by atoms with Crippen molar-refractivity contribution in [1.82, 2.24) is 5.32 Å². The Morgan fingerprint density at radius 1 is 1.63 bits per heavy atom. The number of hydrogen-bond acceptors (Lipinski definition) is 4. The van der Waals surface area contributed by atoms with Crippen LogP contribution in [0, 0.1) is 5.92 Å². The average Bonchev–Trinajstić information content (AvgIpc) is 2.87. The highest BCUT2D eigenvalue weighted by molar-refractivity contribution is 7.99. The summed E-state index contributed by atoms with van der Waals surface area (Å²) in [7, 11) is 0. The van der Waals surface area contributed by atoms with Crippen LogP contribution in [0.25, 0.3) is 0 Å². The molecule has 0 saturated heterocycles. The molecule has 1 heterocycles. The highest BCUT2D eigenvalue weighted by atomic mass is 32.2. The van der Waals surface area contributed by atoms with Gasteiger partial charge in [-0.2, -0.15) is 0 Å². The zero-order valence-corrected chi connectivity index (χ0v) is 11.5. The van der Waals surface area contributed by atoms with Gasteiger partial charge in [0, 0.05) is 23.1 Å². The molecular formula is C13H17N3O2S. The molecule has 19 heavy (non-hydrogen) atoms. The Balaban J connectivity index is 1.95. The number of nitrogens with one attached hydrogen (secondary N) is 1. The van der Waals surface area contributed by atoms with Crippen molar-refractivity contribution in [3.8, 4) is 0 Å². The number of oxime groups is 1. The summed E-state index contributed by atoms with van der Waals surface area (Å²) in [5.41, 5.74) is 6.56.